The van der Waals surface area contributed by atoms with E-state index in [1.807, 2.05) is 24.3 Å². The summed E-state index contributed by atoms with van der Waals surface area (Å²) in [7, 11) is 1.76. The van der Waals surface area contributed by atoms with Crippen molar-refractivity contribution in [1.29, 1.82) is 0 Å². The van der Waals surface area contributed by atoms with E-state index < -0.39 is 0 Å². The van der Waals surface area contributed by atoms with E-state index in [0.29, 0.717) is 30.0 Å². The Labute approximate surface area is 177 Å². The van der Waals surface area contributed by atoms with Crippen LogP contribution in [-0.4, -0.2) is 37.8 Å². The minimum absolute atomic E-state index is 0.0359. The Morgan fingerprint density at radius 3 is 2.63 bits per heavy atom. The van der Waals surface area contributed by atoms with Gasteiger partial charge in [0, 0.05) is 42.7 Å². The maximum atomic E-state index is 12.6. The molecule has 0 aliphatic heterocycles. The highest BCUT2D eigenvalue weighted by Crippen LogP contribution is 2.22. The molecule has 0 saturated carbocycles. The largest absolute Gasteiger partial charge is 0.339 e. The highest BCUT2D eigenvalue weighted by molar-refractivity contribution is 7.18. The van der Waals surface area contributed by atoms with Crippen molar-refractivity contribution < 1.29 is 4.79 Å². The summed E-state index contributed by atoms with van der Waals surface area (Å²) in [4.78, 5) is 42.7. The van der Waals surface area contributed by atoms with Crippen LogP contribution >= 0.6 is 11.3 Å². The van der Waals surface area contributed by atoms with Gasteiger partial charge >= 0.3 is 0 Å². The molecule has 3 aromatic heterocycles. The number of nitrogens with zero attached hydrogens (tertiary/aromatic N) is 4. The van der Waals surface area contributed by atoms with Gasteiger partial charge in [-0.2, -0.15) is 0 Å². The number of hydrogen-bond acceptors (Lipinski definition) is 6. The smallest absolute Gasteiger partial charge is 0.254 e. The Hall–Kier alpha value is -3.39. The second-order valence-corrected chi connectivity index (χ2v) is 8.15. The Morgan fingerprint density at radius 2 is 1.90 bits per heavy atom. The number of benzene rings is 1. The number of thiazole rings is 1. The summed E-state index contributed by atoms with van der Waals surface area (Å²) in [5.41, 5.74) is 2.70. The number of carbonyl (C=O) groups is 1. The quantitative estimate of drug-likeness (QED) is 0.517. The molecule has 0 bridgehead atoms. The number of pyridine rings is 1. The fourth-order valence-electron chi connectivity index (χ4n) is 3.25. The molecule has 8 heteroatoms. The predicted octanol–water partition coefficient (Wildman–Crippen LogP) is 3.34. The van der Waals surface area contributed by atoms with Gasteiger partial charge in [-0.15, -0.1) is 11.3 Å². The van der Waals surface area contributed by atoms with Crippen LogP contribution in [-0.2, 0) is 17.8 Å². The van der Waals surface area contributed by atoms with Crippen molar-refractivity contribution in [3.05, 3.63) is 75.4 Å². The lowest BCUT2D eigenvalue weighted by Gasteiger charge is -2.15. The normalized spacial score (nSPS) is 11.0. The van der Waals surface area contributed by atoms with Crippen LogP contribution in [0.5, 0.6) is 0 Å². The summed E-state index contributed by atoms with van der Waals surface area (Å²) in [5, 5.41) is 0.893. The zero-order valence-corrected chi connectivity index (χ0v) is 17.6. The highest BCUT2D eigenvalue weighted by atomic mass is 32.1. The molecule has 4 rings (SSSR count). The number of aryl methyl sites for hydroxylation is 1. The molecule has 30 heavy (non-hydrogen) atoms. The number of aromatic nitrogens is 4. The molecule has 0 atom stereocenters. The Kier molecular flexibility index (Phi) is 5.67. The van der Waals surface area contributed by atoms with Crippen molar-refractivity contribution in [1.82, 2.24) is 24.8 Å². The molecule has 0 unspecified atom stereocenters. The van der Waals surface area contributed by atoms with Crippen LogP contribution in [0.4, 0.5) is 0 Å². The first kappa shape index (κ1) is 19.9. The lowest BCUT2D eigenvalue weighted by atomic mass is 10.1. The molecule has 0 radical (unpaired) electrons. The topological polar surface area (TPSA) is 91.8 Å². The van der Waals surface area contributed by atoms with Crippen molar-refractivity contribution >= 4 is 27.5 Å². The average Bonchev–Trinajstić information content (AvgIpc) is 3.15. The molecule has 152 valence electrons. The van der Waals surface area contributed by atoms with E-state index in [2.05, 4.69) is 19.9 Å². The molecule has 0 aliphatic carbocycles. The fraction of sp³-hybridized carbons (Fsp3) is 0.227. The third-order valence-electron chi connectivity index (χ3n) is 4.90. The number of H-pyrrole nitrogens is 1. The number of aromatic amines is 1. The van der Waals surface area contributed by atoms with Gasteiger partial charge in [-0.05, 0) is 37.6 Å². The summed E-state index contributed by atoms with van der Waals surface area (Å²) in [5.74, 6) is 0.467. The SMILES string of the molecule is Cc1nc(-c2ccncc2)[nH]c(=O)c1CCC(=O)N(C)Cc1nc2ccccc2s1. The van der Waals surface area contributed by atoms with Crippen LogP contribution in [0.1, 0.15) is 22.7 Å². The van der Waals surface area contributed by atoms with E-state index in [0.717, 1.165) is 20.8 Å². The number of para-hydroxylation sites is 1. The van der Waals surface area contributed by atoms with E-state index in [4.69, 9.17) is 0 Å². The number of carbonyl (C=O) groups excluding carboxylic acids is 1. The molecule has 0 saturated heterocycles. The lowest BCUT2D eigenvalue weighted by Crippen LogP contribution is -2.27. The van der Waals surface area contributed by atoms with Gasteiger partial charge < -0.3 is 9.88 Å². The van der Waals surface area contributed by atoms with Crippen LogP contribution in [0.2, 0.25) is 0 Å². The monoisotopic (exact) mass is 419 g/mol. The van der Waals surface area contributed by atoms with Crippen LogP contribution in [0.25, 0.3) is 21.6 Å². The number of nitrogens with one attached hydrogen (secondary N) is 1. The predicted molar refractivity (Wildman–Crippen MR) is 117 cm³/mol. The van der Waals surface area contributed by atoms with Crippen LogP contribution in [0.15, 0.2) is 53.6 Å². The van der Waals surface area contributed by atoms with E-state index in [-0.39, 0.29) is 17.9 Å². The Balaban J connectivity index is 1.42. The second-order valence-electron chi connectivity index (χ2n) is 7.04. The summed E-state index contributed by atoms with van der Waals surface area (Å²) < 4.78 is 1.11. The Bertz CT molecular complexity index is 1220. The first-order valence-corrected chi connectivity index (χ1v) is 10.4. The maximum Gasteiger partial charge on any atom is 0.254 e. The zero-order chi connectivity index (χ0) is 21.1. The van der Waals surface area contributed by atoms with Crippen molar-refractivity contribution in [2.75, 3.05) is 7.05 Å². The van der Waals surface area contributed by atoms with Gasteiger partial charge in [0.25, 0.3) is 5.56 Å². The van der Waals surface area contributed by atoms with Crippen molar-refractivity contribution in [3.8, 4) is 11.4 Å². The van der Waals surface area contributed by atoms with Crippen molar-refractivity contribution in [3.63, 3.8) is 0 Å². The molecule has 3 heterocycles. The molecular formula is C22H21N5O2S. The van der Waals surface area contributed by atoms with E-state index >= 15 is 0 Å². The van der Waals surface area contributed by atoms with Crippen LogP contribution in [0.3, 0.4) is 0 Å². The molecule has 1 N–H and O–H groups in total. The average molecular weight is 420 g/mol. The summed E-state index contributed by atoms with van der Waals surface area (Å²) >= 11 is 1.59. The standard InChI is InChI=1S/C22H21N5O2S/c1-14-16(22(29)26-21(24-14)15-9-11-23-12-10-15)7-8-20(28)27(2)13-19-25-17-5-3-4-6-18(17)30-19/h3-6,9-12H,7-8,13H2,1-2H3,(H,24,26,29). The first-order chi connectivity index (χ1) is 14.5. The van der Waals surface area contributed by atoms with Gasteiger partial charge in [0.15, 0.2) is 0 Å². The maximum absolute atomic E-state index is 12.6. The lowest BCUT2D eigenvalue weighted by molar-refractivity contribution is -0.130. The third kappa shape index (κ3) is 4.28. The van der Waals surface area contributed by atoms with Gasteiger partial charge in [0.05, 0.1) is 16.8 Å². The number of rotatable bonds is 6. The number of hydrogen-bond donors (Lipinski definition) is 1. The minimum Gasteiger partial charge on any atom is -0.339 e. The number of fused-ring (bicyclic) bond motifs is 1. The van der Waals surface area contributed by atoms with E-state index in [9.17, 15) is 9.59 Å². The minimum atomic E-state index is -0.212. The molecule has 1 aromatic carbocycles. The molecule has 7 nitrogen and oxygen atoms in total. The third-order valence-corrected chi connectivity index (χ3v) is 5.92. The molecule has 0 spiro atoms. The molecule has 0 fully saturated rings. The van der Waals surface area contributed by atoms with Crippen molar-refractivity contribution in [2.24, 2.45) is 0 Å². The molecule has 0 aliphatic rings. The summed E-state index contributed by atoms with van der Waals surface area (Å²) in [6.07, 6.45) is 3.88. The molecule has 1 amide bonds. The van der Waals surface area contributed by atoms with Gasteiger partial charge in [-0.25, -0.2) is 9.97 Å². The zero-order valence-electron chi connectivity index (χ0n) is 16.8. The molecule has 4 aromatic rings. The Morgan fingerprint density at radius 1 is 1.13 bits per heavy atom. The van der Waals surface area contributed by atoms with E-state index in [1.54, 1.807) is 54.7 Å². The second kappa shape index (κ2) is 8.54. The van der Waals surface area contributed by atoms with Gasteiger partial charge in [0.2, 0.25) is 5.91 Å². The number of amides is 1. The summed E-state index contributed by atoms with van der Waals surface area (Å²) in [6.45, 7) is 2.25. The highest BCUT2D eigenvalue weighted by Gasteiger charge is 2.15. The van der Waals surface area contributed by atoms with Gasteiger partial charge in [-0.1, -0.05) is 12.1 Å². The van der Waals surface area contributed by atoms with Gasteiger partial charge in [0.1, 0.15) is 10.8 Å². The summed E-state index contributed by atoms with van der Waals surface area (Å²) in [6, 6.07) is 11.5. The fourth-order valence-corrected chi connectivity index (χ4v) is 4.27. The first-order valence-electron chi connectivity index (χ1n) is 9.60. The van der Waals surface area contributed by atoms with Crippen LogP contribution in [0, 0.1) is 6.92 Å². The van der Waals surface area contributed by atoms with Crippen molar-refractivity contribution in [2.45, 2.75) is 26.3 Å². The molecular weight excluding hydrogens is 398 g/mol. The van der Waals surface area contributed by atoms with Crippen LogP contribution < -0.4 is 5.56 Å². The van der Waals surface area contributed by atoms with E-state index in [1.165, 1.54) is 0 Å². The van der Waals surface area contributed by atoms with Gasteiger partial charge in [-0.3, -0.25) is 14.6 Å².